The van der Waals surface area contributed by atoms with Crippen LogP contribution in [-0.4, -0.2) is 44.4 Å². The van der Waals surface area contributed by atoms with Gasteiger partial charge in [-0.25, -0.2) is 9.97 Å². The molecular weight excluding hydrogens is 700 g/mol. The standard InChI is InChI=1S/C37H38N6O3S.ClH.Fe/c1-7-23-19(3)27-15-28-21(5)25(9-11-35(44)43-37-38-13-14-47-37)33(41-28)18-34-26(10-12-36(45)46)22(6)30(42-34)17-32-24(8-2)20(4)29(40-32)16-31(23)39-27;;/h7-8,15-18H,1-2,9-14H2,3-6H3,(H4,38,39,40,41,42,43,44,45,46);1H;/q;;+3/p-3. The van der Waals surface area contributed by atoms with Gasteiger partial charge in [-0.1, -0.05) is 77.5 Å². The number of rotatable bonds is 8. The van der Waals surface area contributed by atoms with Gasteiger partial charge in [-0.05, 0) is 57.7 Å². The molecule has 0 aromatic carbocycles. The van der Waals surface area contributed by atoms with Crippen LogP contribution in [0.4, 0.5) is 0 Å². The van der Waals surface area contributed by atoms with E-state index in [0.717, 1.165) is 78.6 Å². The number of carboxylic acids is 1. The Hall–Kier alpha value is -4.15. The van der Waals surface area contributed by atoms with E-state index in [4.69, 9.17) is 19.9 Å². The summed E-state index contributed by atoms with van der Waals surface area (Å²) in [7, 11) is 0. The van der Waals surface area contributed by atoms with Gasteiger partial charge < -0.3 is 32.8 Å². The number of nitrogens with one attached hydrogen (secondary N) is 1. The van der Waals surface area contributed by atoms with Crippen LogP contribution in [0.3, 0.4) is 0 Å². The van der Waals surface area contributed by atoms with Crippen molar-refractivity contribution in [1.29, 1.82) is 0 Å². The second-order valence-electron chi connectivity index (χ2n) is 11.8. The second-order valence-corrected chi connectivity index (χ2v) is 12.9. The number of amidine groups is 1. The van der Waals surface area contributed by atoms with Gasteiger partial charge in [0.05, 0.1) is 29.3 Å². The summed E-state index contributed by atoms with van der Waals surface area (Å²) in [5, 5.41) is 13.1. The van der Waals surface area contributed by atoms with Gasteiger partial charge in [0.15, 0.2) is 5.17 Å². The van der Waals surface area contributed by atoms with Crippen molar-refractivity contribution >= 4 is 73.2 Å². The van der Waals surface area contributed by atoms with Crippen LogP contribution in [0.15, 0.2) is 54.6 Å². The zero-order valence-electron chi connectivity index (χ0n) is 27.8. The molecule has 0 fully saturated rings. The van der Waals surface area contributed by atoms with E-state index in [-0.39, 0.29) is 48.2 Å². The van der Waals surface area contributed by atoms with Crippen LogP contribution >= 0.6 is 11.8 Å². The predicted molar refractivity (Wildman–Crippen MR) is 191 cm³/mol. The minimum absolute atomic E-state index is 0. The van der Waals surface area contributed by atoms with Gasteiger partial charge in [0.2, 0.25) is 5.91 Å². The van der Waals surface area contributed by atoms with Gasteiger partial charge in [0, 0.05) is 29.7 Å². The molecule has 253 valence electrons. The number of allylic oxidation sites excluding steroid dienone is 6. The van der Waals surface area contributed by atoms with E-state index >= 15 is 0 Å². The third-order valence-corrected chi connectivity index (χ3v) is 9.80. The fraction of sp³-hybridized carbons (Fsp3) is 0.270. The number of fused-ring (bicyclic) bond motifs is 8. The van der Waals surface area contributed by atoms with Crippen LogP contribution in [0, 0.1) is 13.8 Å². The van der Waals surface area contributed by atoms with E-state index in [2.05, 4.69) is 23.5 Å². The summed E-state index contributed by atoms with van der Waals surface area (Å²) in [6.07, 6.45) is 4.61. The first kappa shape index (κ1) is 37.7. The Morgan fingerprint density at radius 1 is 0.816 bits per heavy atom. The zero-order valence-corrected chi connectivity index (χ0v) is 30.4. The molecule has 3 aromatic heterocycles. The van der Waals surface area contributed by atoms with Crippen molar-refractivity contribution in [2.75, 3.05) is 12.3 Å². The van der Waals surface area contributed by atoms with Crippen molar-refractivity contribution in [3.8, 4) is 0 Å². The molecule has 2 N–H and O–H groups in total. The number of thioether (sulfide) groups is 1. The molecule has 49 heavy (non-hydrogen) atoms. The minimum atomic E-state index is -0.880. The number of hydrogen-bond donors (Lipinski definition) is 2. The SMILES string of the molecule is C=CC1=C(C)c2cc3[n-]c(cc4[n-]c(cc5nc(cc1n2)C(C)=C5C=C)c(C)c4CCC(=O)O)c(CCC(=O)NC1=NCCS1)c3C.[Cl-].[Fe+3]. The number of halogens is 1. The molecule has 0 unspecified atom stereocenters. The Morgan fingerprint density at radius 2 is 1.33 bits per heavy atom. The summed E-state index contributed by atoms with van der Waals surface area (Å²) < 4.78 is 0. The van der Waals surface area contributed by atoms with E-state index in [0.29, 0.717) is 41.1 Å². The molecule has 3 aromatic rings. The monoisotopic (exact) mass is 735 g/mol. The Kier molecular flexibility index (Phi) is 12.0. The fourth-order valence-electron chi connectivity index (χ4n) is 6.21. The molecule has 6 rings (SSSR count). The first-order valence-electron chi connectivity index (χ1n) is 15.6. The summed E-state index contributed by atoms with van der Waals surface area (Å²) in [5.41, 5.74) is 13.2. The quantitative estimate of drug-likeness (QED) is 0.336. The summed E-state index contributed by atoms with van der Waals surface area (Å²) in [6.45, 7) is 16.8. The molecule has 0 saturated heterocycles. The third-order valence-electron chi connectivity index (χ3n) is 8.91. The molecule has 3 aliphatic heterocycles. The van der Waals surface area contributed by atoms with Gasteiger partial charge in [-0.3, -0.25) is 14.6 Å². The van der Waals surface area contributed by atoms with Crippen LogP contribution in [0.5, 0.6) is 0 Å². The van der Waals surface area contributed by atoms with Crippen LogP contribution in [0.1, 0.15) is 71.7 Å². The predicted octanol–water partition coefficient (Wildman–Crippen LogP) is 3.59. The average molecular weight is 736 g/mol. The Morgan fingerprint density at radius 3 is 1.84 bits per heavy atom. The number of aryl methyl sites for hydroxylation is 4. The molecule has 0 spiro atoms. The molecule has 0 atom stereocenters. The van der Waals surface area contributed by atoms with Gasteiger partial charge in [-0.2, -0.15) is 0 Å². The largest absolute Gasteiger partial charge is 3.00 e. The molecule has 1 radical (unpaired) electrons. The van der Waals surface area contributed by atoms with E-state index in [1.54, 1.807) is 17.8 Å². The molecule has 3 aliphatic rings. The summed E-state index contributed by atoms with van der Waals surface area (Å²) in [5.74, 6) is -0.113. The summed E-state index contributed by atoms with van der Waals surface area (Å²) in [4.78, 5) is 48.9. The molecule has 1 amide bonds. The Balaban J connectivity index is 0.00000270. The number of carbonyl (C=O) groups excluding carboxylic acids is 1. The molecule has 0 aliphatic carbocycles. The number of amides is 1. The first-order valence-corrected chi connectivity index (χ1v) is 16.6. The van der Waals surface area contributed by atoms with Crippen LogP contribution in [0.2, 0.25) is 0 Å². The van der Waals surface area contributed by atoms with Crippen LogP contribution < -0.4 is 27.7 Å². The fourth-order valence-corrected chi connectivity index (χ4v) is 6.96. The number of nitrogens with zero attached hydrogens (tertiary/aromatic N) is 5. The number of aliphatic carboxylic acids is 1. The molecule has 0 saturated carbocycles. The van der Waals surface area contributed by atoms with E-state index < -0.39 is 5.97 Å². The number of aliphatic imine (C=N–C) groups is 1. The van der Waals surface area contributed by atoms with E-state index in [9.17, 15) is 14.7 Å². The second kappa shape index (κ2) is 15.6. The smallest absolute Gasteiger partial charge is 1.00 e. The number of carbonyl (C=O) groups is 2. The Labute approximate surface area is 306 Å². The molecular formula is C37H36ClFeN6O3S. The van der Waals surface area contributed by atoms with Crippen molar-refractivity contribution < 1.29 is 44.2 Å². The van der Waals surface area contributed by atoms with Crippen molar-refractivity contribution in [2.45, 2.75) is 53.4 Å². The number of carboxylic acid groups (broad SMARTS) is 1. The molecule has 8 bridgehead atoms. The van der Waals surface area contributed by atoms with Crippen LogP contribution in [0.25, 0.3) is 44.4 Å². The van der Waals surface area contributed by atoms with Gasteiger partial charge >= 0.3 is 23.0 Å². The third kappa shape index (κ3) is 7.55. The molecule has 9 nitrogen and oxygen atoms in total. The van der Waals surface area contributed by atoms with Crippen molar-refractivity contribution in [1.82, 2.24) is 25.3 Å². The van der Waals surface area contributed by atoms with Crippen LogP contribution in [-0.2, 0) is 39.5 Å². The Bertz CT molecular complexity index is 2140. The van der Waals surface area contributed by atoms with Gasteiger partial charge in [0.1, 0.15) is 0 Å². The average Bonchev–Trinajstić information content (AvgIpc) is 3.82. The molecule has 6 heterocycles. The van der Waals surface area contributed by atoms with Crippen molar-refractivity contribution in [2.24, 2.45) is 4.99 Å². The van der Waals surface area contributed by atoms with E-state index in [1.807, 2.05) is 58.0 Å². The maximum atomic E-state index is 12.9. The first-order chi connectivity index (χ1) is 22.6. The minimum Gasteiger partial charge on any atom is -1.00 e. The zero-order chi connectivity index (χ0) is 33.4. The van der Waals surface area contributed by atoms with Gasteiger partial charge in [0.25, 0.3) is 0 Å². The van der Waals surface area contributed by atoms with E-state index in [1.165, 1.54) is 0 Å². The van der Waals surface area contributed by atoms with Crippen molar-refractivity contribution in [3.05, 3.63) is 94.6 Å². The summed E-state index contributed by atoms with van der Waals surface area (Å²) >= 11 is 1.55. The normalized spacial score (nSPS) is 13.8. The molecule has 12 heteroatoms. The van der Waals surface area contributed by atoms with Gasteiger partial charge in [-0.15, -0.1) is 22.1 Å². The maximum absolute atomic E-state index is 12.9. The summed E-state index contributed by atoms with van der Waals surface area (Å²) in [6, 6.07) is 7.81. The van der Waals surface area contributed by atoms with Crippen molar-refractivity contribution in [3.63, 3.8) is 0 Å². The topological polar surface area (TPSA) is 133 Å². The number of aromatic nitrogens is 4. The number of hydrogen-bond acceptors (Lipinski definition) is 6. The maximum Gasteiger partial charge on any atom is 3.00 e.